The molecule has 4 aromatic rings. The van der Waals surface area contributed by atoms with E-state index in [1.165, 1.54) is 6.42 Å². The van der Waals surface area contributed by atoms with Crippen molar-refractivity contribution in [2.45, 2.75) is 49.0 Å². The van der Waals surface area contributed by atoms with Crippen LogP contribution in [-0.2, 0) is 0 Å². The molecule has 0 spiro atoms. The molecule has 9 heteroatoms. The number of fused-ring (bicyclic) bond motifs is 4. The van der Waals surface area contributed by atoms with E-state index in [2.05, 4.69) is 31.0 Å². The van der Waals surface area contributed by atoms with Gasteiger partial charge in [0.05, 0.1) is 6.61 Å². The van der Waals surface area contributed by atoms with Crippen LogP contribution in [0.2, 0.25) is 0 Å². The lowest BCUT2D eigenvalue weighted by Crippen LogP contribution is -2.51. The van der Waals surface area contributed by atoms with Crippen molar-refractivity contribution in [1.29, 1.82) is 0 Å². The highest BCUT2D eigenvalue weighted by molar-refractivity contribution is 9.09. The molecule has 42 heavy (non-hydrogen) atoms. The summed E-state index contributed by atoms with van der Waals surface area (Å²) in [5.41, 5.74) is 1.42. The quantitative estimate of drug-likeness (QED) is 0.247. The van der Waals surface area contributed by atoms with Gasteiger partial charge in [-0.25, -0.2) is 4.39 Å². The second kappa shape index (κ2) is 10.3. The number of aromatic nitrogens is 2. The van der Waals surface area contributed by atoms with Gasteiger partial charge in [-0.15, -0.1) is 0 Å². The number of aromatic hydroxyl groups is 1. The Morgan fingerprint density at radius 3 is 2.55 bits per heavy atom. The Labute approximate surface area is 253 Å². The van der Waals surface area contributed by atoms with E-state index in [1.54, 1.807) is 18.2 Å². The molecule has 3 saturated heterocycles. The van der Waals surface area contributed by atoms with Crippen LogP contribution in [0.15, 0.2) is 48.5 Å². The van der Waals surface area contributed by atoms with Crippen LogP contribution in [-0.4, -0.2) is 76.2 Å². The van der Waals surface area contributed by atoms with Gasteiger partial charge in [0.25, 0.3) is 0 Å². The highest BCUT2D eigenvalue weighted by atomic mass is 79.9. The number of likely N-dealkylation sites (tertiary alicyclic amines) is 1. The number of phenolic OH excluding ortho intramolecular Hbond substituents is 1. The summed E-state index contributed by atoms with van der Waals surface area (Å²) in [5, 5.41) is 16.6. The molecule has 4 fully saturated rings. The number of piperazine rings is 1. The van der Waals surface area contributed by atoms with Gasteiger partial charge >= 0.3 is 6.01 Å². The van der Waals surface area contributed by atoms with E-state index >= 15 is 4.39 Å². The summed E-state index contributed by atoms with van der Waals surface area (Å²) in [7, 11) is 0. The first-order chi connectivity index (χ1) is 20.4. The summed E-state index contributed by atoms with van der Waals surface area (Å²) < 4.78 is 23.0. The smallest absolute Gasteiger partial charge is 0.319 e. The molecule has 1 aromatic heterocycles. The van der Waals surface area contributed by atoms with E-state index in [1.807, 2.05) is 30.3 Å². The van der Waals surface area contributed by atoms with E-state index in [0.29, 0.717) is 40.0 Å². The second-order valence-corrected chi connectivity index (χ2v) is 14.1. The highest BCUT2D eigenvalue weighted by Gasteiger charge is 2.46. The van der Waals surface area contributed by atoms with Crippen molar-refractivity contribution < 1.29 is 14.2 Å². The van der Waals surface area contributed by atoms with Gasteiger partial charge in [0.15, 0.2) is 5.82 Å². The average Bonchev–Trinajstić information content (AvgIpc) is 3.51. The van der Waals surface area contributed by atoms with Gasteiger partial charge < -0.3 is 25.0 Å². The van der Waals surface area contributed by atoms with E-state index in [9.17, 15) is 5.11 Å². The molecule has 2 bridgehead atoms. The maximum Gasteiger partial charge on any atom is 0.319 e. The van der Waals surface area contributed by atoms with Gasteiger partial charge in [-0.05, 0) is 73.2 Å². The van der Waals surface area contributed by atoms with Crippen molar-refractivity contribution in [1.82, 2.24) is 20.2 Å². The fourth-order valence-electron chi connectivity index (χ4n) is 7.27. The van der Waals surface area contributed by atoms with Gasteiger partial charge in [-0.2, -0.15) is 9.97 Å². The van der Waals surface area contributed by atoms with Crippen LogP contribution in [0.4, 0.5) is 10.2 Å². The second-order valence-electron chi connectivity index (χ2n) is 12.8. The van der Waals surface area contributed by atoms with Crippen molar-refractivity contribution in [3.05, 3.63) is 54.3 Å². The average molecular weight is 633 g/mol. The number of nitrogens with one attached hydrogen (secondary N) is 1. The molecule has 1 saturated carbocycles. The Kier molecular flexibility index (Phi) is 6.53. The lowest BCUT2D eigenvalue weighted by atomic mass is 9.96. The minimum atomic E-state index is -0.420. The molecule has 0 radical (unpaired) electrons. The Balaban J connectivity index is 1.19. The molecule has 218 valence electrons. The van der Waals surface area contributed by atoms with Crippen molar-refractivity contribution in [2.75, 3.05) is 44.2 Å². The molecular formula is C33H35BrFN5O2. The number of ether oxygens (including phenoxy) is 1. The zero-order chi connectivity index (χ0) is 28.4. The number of hydrogen-bond donors (Lipinski definition) is 2. The van der Waals surface area contributed by atoms with Crippen LogP contribution in [0.1, 0.15) is 32.1 Å². The molecule has 3 aromatic carbocycles. The largest absolute Gasteiger partial charge is 0.508 e. The van der Waals surface area contributed by atoms with Gasteiger partial charge in [0, 0.05) is 59.5 Å². The lowest BCUT2D eigenvalue weighted by Gasteiger charge is -2.34. The molecule has 4 aliphatic rings. The normalized spacial score (nSPS) is 25.0. The van der Waals surface area contributed by atoms with Crippen LogP contribution in [0.5, 0.6) is 11.8 Å². The van der Waals surface area contributed by atoms with Gasteiger partial charge in [-0.3, -0.25) is 0 Å². The molecule has 1 aliphatic carbocycles. The first kappa shape index (κ1) is 26.6. The summed E-state index contributed by atoms with van der Waals surface area (Å²) in [6.07, 6.45) is 5.72. The van der Waals surface area contributed by atoms with Gasteiger partial charge in [-0.1, -0.05) is 46.3 Å². The Hall–Kier alpha value is -3.01. The monoisotopic (exact) mass is 631 g/mol. The fraction of sp³-hybridized carbons (Fsp3) is 0.455. The molecule has 3 atom stereocenters. The van der Waals surface area contributed by atoms with Crippen LogP contribution in [0.3, 0.4) is 0 Å². The number of alkyl halides is 1. The lowest BCUT2D eigenvalue weighted by molar-refractivity contribution is 0.170. The summed E-state index contributed by atoms with van der Waals surface area (Å²) in [6, 6.07) is 15.9. The molecule has 4 heterocycles. The zero-order valence-electron chi connectivity index (χ0n) is 23.5. The number of anilines is 1. The van der Waals surface area contributed by atoms with Gasteiger partial charge in [0.2, 0.25) is 0 Å². The summed E-state index contributed by atoms with van der Waals surface area (Å²) in [6.45, 7) is 5.38. The minimum absolute atomic E-state index is 0.103. The van der Waals surface area contributed by atoms with E-state index in [0.717, 1.165) is 75.0 Å². The molecule has 8 rings (SSSR count). The number of nitrogens with zero attached hydrogens (tertiary/aromatic N) is 4. The Bertz CT molecular complexity index is 1670. The molecule has 0 amide bonds. The third-order valence-corrected chi connectivity index (χ3v) is 10.4. The van der Waals surface area contributed by atoms with Crippen molar-refractivity contribution in [3.8, 4) is 22.9 Å². The third kappa shape index (κ3) is 4.89. The SMILES string of the molecule is Oc1cc(-c2ccc3c(N4CC5CCC(C4)N5)nc(OCC4(CN5CC[C@H](Br)C5)CC4)nc3c2F)c2ccccc2c1. The first-order valence-corrected chi connectivity index (χ1v) is 16.1. The van der Waals surface area contributed by atoms with E-state index in [-0.39, 0.29) is 22.7 Å². The number of benzene rings is 3. The standard InChI is InChI=1S/C33H35BrFN5O2/c34-21-9-12-39(15-21)18-33(10-11-33)19-42-32-37-30-27(31(38-32)40-16-22-5-6-23(17-40)36-22)8-7-26(29(30)35)28-14-24(41)13-20-3-1-2-4-25(20)28/h1-4,7-8,13-14,21-23,36,41H,5-6,9-12,15-19H2/t21-,22?,23?/m0/s1. The Morgan fingerprint density at radius 1 is 0.976 bits per heavy atom. The Morgan fingerprint density at radius 2 is 1.79 bits per heavy atom. The predicted molar refractivity (Wildman–Crippen MR) is 167 cm³/mol. The molecule has 7 nitrogen and oxygen atoms in total. The van der Waals surface area contributed by atoms with Crippen LogP contribution < -0.4 is 15.0 Å². The van der Waals surface area contributed by atoms with Crippen LogP contribution in [0.25, 0.3) is 32.8 Å². The maximum absolute atomic E-state index is 16.6. The number of halogens is 2. The van der Waals surface area contributed by atoms with Gasteiger partial charge in [0.1, 0.15) is 17.1 Å². The van der Waals surface area contributed by atoms with Crippen molar-refractivity contribution >= 4 is 43.4 Å². The number of hydrogen-bond acceptors (Lipinski definition) is 7. The molecule has 2 unspecified atom stereocenters. The molecule has 2 N–H and O–H groups in total. The topological polar surface area (TPSA) is 73.8 Å². The van der Waals surface area contributed by atoms with Crippen molar-refractivity contribution in [3.63, 3.8) is 0 Å². The van der Waals surface area contributed by atoms with E-state index < -0.39 is 5.82 Å². The maximum atomic E-state index is 16.6. The highest BCUT2D eigenvalue weighted by Crippen LogP contribution is 2.47. The van der Waals surface area contributed by atoms with Crippen LogP contribution >= 0.6 is 15.9 Å². The minimum Gasteiger partial charge on any atom is -0.508 e. The summed E-state index contributed by atoms with van der Waals surface area (Å²) >= 11 is 3.76. The number of rotatable bonds is 7. The first-order valence-electron chi connectivity index (χ1n) is 15.2. The third-order valence-electron chi connectivity index (χ3n) is 9.66. The molecule has 3 aliphatic heterocycles. The molecular weight excluding hydrogens is 597 g/mol. The fourth-order valence-corrected chi connectivity index (χ4v) is 7.89. The zero-order valence-corrected chi connectivity index (χ0v) is 25.1. The predicted octanol–water partition coefficient (Wildman–Crippen LogP) is 5.86. The van der Waals surface area contributed by atoms with E-state index in [4.69, 9.17) is 14.7 Å². The van der Waals surface area contributed by atoms with Crippen molar-refractivity contribution in [2.24, 2.45) is 5.41 Å². The van der Waals surface area contributed by atoms with Crippen LogP contribution in [0, 0.1) is 11.2 Å². The number of phenols is 1. The summed E-state index contributed by atoms with van der Waals surface area (Å²) in [4.78, 5) is 15.0. The summed E-state index contributed by atoms with van der Waals surface area (Å²) in [5.74, 6) is 0.424.